The van der Waals surface area contributed by atoms with Crippen molar-refractivity contribution >= 4 is 16.9 Å². The zero-order valence-electron chi connectivity index (χ0n) is 16.3. The van der Waals surface area contributed by atoms with Crippen LogP contribution >= 0.6 is 0 Å². The maximum absolute atomic E-state index is 12.7. The molecule has 3 rings (SSSR count). The Morgan fingerprint density at radius 3 is 2.14 bits per heavy atom. The predicted octanol–water partition coefficient (Wildman–Crippen LogP) is 3.11. The third kappa shape index (κ3) is 3.25. The zero-order chi connectivity index (χ0) is 20.3. The van der Waals surface area contributed by atoms with Gasteiger partial charge in [0.25, 0.3) is 0 Å². The van der Waals surface area contributed by atoms with Crippen LogP contribution in [0, 0.1) is 0 Å². The highest BCUT2D eigenvalue weighted by molar-refractivity contribution is 6.09. The van der Waals surface area contributed by atoms with Crippen LogP contribution in [0.4, 0.5) is 0 Å². The molecule has 7 nitrogen and oxygen atoms in total. The number of fused-ring (bicyclic) bond motifs is 1. The molecule has 28 heavy (non-hydrogen) atoms. The summed E-state index contributed by atoms with van der Waals surface area (Å²) < 4.78 is 22.9. The van der Waals surface area contributed by atoms with Gasteiger partial charge in [0, 0.05) is 23.6 Å². The molecular weight excluding hydrogens is 362 g/mol. The smallest absolute Gasteiger partial charge is 0.355 e. The molecule has 0 bridgehead atoms. The van der Waals surface area contributed by atoms with Crippen LogP contribution < -0.4 is 14.2 Å². The Morgan fingerprint density at radius 1 is 0.964 bits per heavy atom. The molecule has 0 fully saturated rings. The van der Waals surface area contributed by atoms with Gasteiger partial charge in [-0.05, 0) is 23.8 Å². The highest BCUT2D eigenvalue weighted by Crippen LogP contribution is 2.41. The van der Waals surface area contributed by atoms with Gasteiger partial charge in [-0.2, -0.15) is 0 Å². The second kappa shape index (κ2) is 8.22. The molecule has 0 aliphatic heterocycles. The number of aliphatic hydroxyl groups excluding tert-OH is 1. The van der Waals surface area contributed by atoms with E-state index in [2.05, 4.69) is 0 Å². The van der Waals surface area contributed by atoms with Gasteiger partial charge in [-0.25, -0.2) is 4.79 Å². The van der Waals surface area contributed by atoms with Crippen LogP contribution in [0.1, 0.15) is 10.5 Å². The fourth-order valence-electron chi connectivity index (χ4n) is 3.37. The SMILES string of the molecule is COC(=O)c1c(-c2ccc(OC)cc2)c2cc(OC)c(OC)cc2n1CCO. The average molecular weight is 385 g/mol. The van der Waals surface area contributed by atoms with Gasteiger partial charge >= 0.3 is 5.97 Å². The van der Waals surface area contributed by atoms with E-state index in [1.807, 2.05) is 30.3 Å². The van der Waals surface area contributed by atoms with Gasteiger partial charge in [-0.1, -0.05) is 12.1 Å². The Balaban J connectivity index is 2.42. The Kier molecular flexibility index (Phi) is 5.75. The van der Waals surface area contributed by atoms with Crippen LogP contribution in [0.5, 0.6) is 17.2 Å². The molecule has 0 saturated carbocycles. The summed E-state index contributed by atoms with van der Waals surface area (Å²) >= 11 is 0. The molecule has 148 valence electrons. The van der Waals surface area contributed by atoms with Gasteiger partial charge < -0.3 is 28.6 Å². The van der Waals surface area contributed by atoms with E-state index in [0.29, 0.717) is 28.5 Å². The topological polar surface area (TPSA) is 79.2 Å². The monoisotopic (exact) mass is 385 g/mol. The quantitative estimate of drug-likeness (QED) is 0.630. The first-order valence-corrected chi connectivity index (χ1v) is 8.71. The van der Waals surface area contributed by atoms with E-state index >= 15 is 0 Å². The third-order valence-electron chi connectivity index (χ3n) is 4.65. The van der Waals surface area contributed by atoms with E-state index in [4.69, 9.17) is 18.9 Å². The Labute approximate surface area is 163 Å². The molecule has 0 saturated heterocycles. The normalized spacial score (nSPS) is 10.8. The molecule has 1 N–H and O–H groups in total. The van der Waals surface area contributed by atoms with E-state index < -0.39 is 5.97 Å². The van der Waals surface area contributed by atoms with Crippen LogP contribution in [0.2, 0.25) is 0 Å². The number of methoxy groups -OCH3 is 4. The largest absolute Gasteiger partial charge is 0.497 e. The summed E-state index contributed by atoms with van der Waals surface area (Å²) in [5.41, 5.74) is 2.60. The number of benzene rings is 2. The number of hydrogen-bond acceptors (Lipinski definition) is 6. The van der Waals surface area contributed by atoms with Crippen LogP contribution in [0.15, 0.2) is 36.4 Å². The molecule has 0 atom stereocenters. The summed E-state index contributed by atoms with van der Waals surface area (Å²) in [4.78, 5) is 12.7. The average Bonchev–Trinajstić information content (AvgIpc) is 3.05. The number of ether oxygens (including phenoxy) is 4. The molecule has 0 spiro atoms. The van der Waals surface area contributed by atoms with Crippen molar-refractivity contribution in [2.75, 3.05) is 35.0 Å². The third-order valence-corrected chi connectivity index (χ3v) is 4.65. The summed E-state index contributed by atoms with van der Waals surface area (Å²) in [5.74, 6) is 1.29. The van der Waals surface area contributed by atoms with Gasteiger partial charge in [0.1, 0.15) is 11.4 Å². The number of nitrogens with zero attached hydrogens (tertiary/aromatic N) is 1. The lowest BCUT2D eigenvalue weighted by Crippen LogP contribution is -2.13. The van der Waals surface area contributed by atoms with Crippen LogP contribution in [0.3, 0.4) is 0 Å². The predicted molar refractivity (Wildman–Crippen MR) is 105 cm³/mol. The molecule has 1 heterocycles. The maximum atomic E-state index is 12.7. The molecule has 0 radical (unpaired) electrons. The minimum atomic E-state index is -0.492. The van der Waals surface area contributed by atoms with Gasteiger partial charge in [-0.3, -0.25) is 0 Å². The number of rotatable bonds is 7. The van der Waals surface area contributed by atoms with Gasteiger partial charge in [0.2, 0.25) is 0 Å². The molecular formula is C21H23NO6. The number of carbonyl (C=O) groups is 1. The van der Waals surface area contributed by atoms with E-state index in [9.17, 15) is 9.90 Å². The summed E-state index contributed by atoms with van der Waals surface area (Å²) in [7, 11) is 6.04. The van der Waals surface area contributed by atoms with E-state index in [-0.39, 0.29) is 13.2 Å². The van der Waals surface area contributed by atoms with Crippen molar-refractivity contribution in [1.82, 2.24) is 4.57 Å². The zero-order valence-corrected chi connectivity index (χ0v) is 16.3. The van der Waals surface area contributed by atoms with Crippen molar-refractivity contribution < 1.29 is 28.8 Å². The van der Waals surface area contributed by atoms with Crippen molar-refractivity contribution in [3.63, 3.8) is 0 Å². The molecule has 0 unspecified atom stereocenters. The van der Waals surface area contributed by atoms with Crippen molar-refractivity contribution in [1.29, 1.82) is 0 Å². The van der Waals surface area contributed by atoms with Crippen LogP contribution in [0.25, 0.3) is 22.0 Å². The second-order valence-corrected chi connectivity index (χ2v) is 6.04. The molecule has 1 aromatic heterocycles. The number of esters is 1. The summed E-state index contributed by atoms with van der Waals surface area (Å²) in [5, 5.41) is 10.4. The first kappa shape index (κ1) is 19.6. The summed E-state index contributed by atoms with van der Waals surface area (Å²) in [6.45, 7) is 0.0940. The van der Waals surface area contributed by atoms with Crippen molar-refractivity contribution in [3.8, 4) is 28.4 Å². The lowest BCUT2D eigenvalue weighted by atomic mass is 10.0. The number of carbonyl (C=O) groups excluding carboxylic acids is 1. The fourth-order valence-corrected chi connectivity index (χ4v) is 3.37. The first-order chi connectivity index (χ1) is 13.6. The number of aliphatic hydroxyl groups is 1. The number of hydrogen-bond donors (Lipinski definition) is 1. The van der Waals surface area contributed by atoms with Gasteiger partial charge in [0.15, 0.2) is 11.5 Å². The Bertz CT molecular complexity index is 991. The second-order valence-electron chi connectivity index (χ2n) is 6.04. The van der Waals surface area contributed by atoms with Gasteiger partial charge in [0.05, 0.1) is 40.6 Å². The maximum Gasteiger partial charge on any atom is 0.355 e. The summed E-state index contributed by atoms with van der Waals surface area (Å²) in [6.07, 6.45) is 0. The van der Waals surface area contributed by atoms with Gasteiger partial charge in [-0.15, -0.1) is 0 Å². The summed E-state index contributed by atoms with van der Waals surface area (Å²) in [6, 6.07) is 11.0. The molecule has 0 amide bonds. The van der Waals surface area contributed by atoms with Crippen molar-refractivity contribution in [2.24, 2.45) is 0 Å². The standard InChI is InChI=1S/C21H23NO6/c1-25-14-7-5-13(6-8-14)19-15-11-17(26-2)18(27-3)12-16(15)22(9-10-23)20(19)21(24)28-4/h5-8,11-12,23H,9-10H2,1-4H3. The van der Waals surface area contributed by atoms with E-state index in [1.54, 1.807) is 32.0 Å². The van der Waals surface area contributed by atoms with Crippen LogP contribution in [-0.2, 0) is 11.3 Å². The van der Waals surface area contributed by atoms with E-state index in [1.165, 1.54) is 7.11 Å². The molecule has 0 aliphatic carbocycles. The lowest BCUT2D eigenvalue weighted by Gasteiger charge is -2.10. The molecule has 3 aromatic rings. The molecule has 2 aromatic carbocycles. The van der Waals surface area contributed by atoms with Crippen molar-refractivity contribution in [3.05, 3.63) is 42.1 Å². The molecule has 0 aliphatic rings. The minimum absolute atomic E-state index is 0.135. The Hall–Kier alpha value is -3.19. The minimum Gasteiger partial charge on any atom is -0.497 e. The lowest BCUT2D eigenvalue weighted by molar-refractivity contribution is 0.0589. The highest BCUT2D eigenvalue weighted by Gasteiger charge is 2.26. The van der Waals surface area contributed by atoms with Crippen LogP contribution in [-0.4, -0.2) is 50.7 Å². The van der Waals surface area contributed by atoms with Crippen molar-refractivity contribution in [2.45, 2.75) is 6.54 Å². The highest BCUT2D eigenvalue weighted by atomic mass is 16.5. The first-order valence-electron chi connectivity index (χ1n) is 8.71. The van der Waals surface area contributed by atoms with E-state index in [0.717, 1.165) is 16.5 Å². The molecule has 7 heteroatoms. The fraction of sp³-hybridized carbons (Fsp3) is 0.286. The Morgan fingerprint density at radius 2 is 1.61 bits per heavy atom. The number of aromatic nitrogens is 1.